The third-order valence-electron chi connectivity index (χ3n) is 4.89. The summed E-state index contributed by atoms with van der Waals surface area (Å²) in [6.45, 7) is 9.28. The summed E-state index contributed by atoms with van der Waals surface area (Å²) in [6.07, 6.45) is 4.57. The molecule has 0 N–H and O–H groups in total. The van der Waals surface area contributed by atoms with Gasteiger partial charge in [-0.1, -0.05) is 5.16 Å². The van der Waals surface area contributed by atoms with Gasteiger partial charge in [-0.05, 0) is 38.9 Å². The van der Waals surface area contributed by atoms with Gasteiger partial charge in [-0.3, -0.25) is 9.58 Å². The Morgan fingerprint density at radius 1 is 1.17 bits per heavy atom. The van der Waals surface area contributed by atoms with Crippen LogP contribution in [-0.2, 0) is 13.1 Å². The lowest BCUT2D eigenvalue weighted by Crippen LogP contribution is -2.35. The summed E-state index contributed by atoms with van der Waals surface area (Å²) in [6, 6.07) is 2.12. The maximum Gasteiger partial charge on any atom is 0.232 e. The van der Waals surface area contributed by atoms with Gasteiger partial charge in [-0.25, -0.2) is 0 Å². The van der Waals surface area contributed by atoms with Crippen molar-refractivity contribution in [2.45, 2.75) is 38.8 Å². The first-order chi connectivity index (χ1) is 11.3. The van der Waals surface area contributed by atoms with Crippen LogP contribution in [0.3, 0.4) is 0 Å². The van der Waals surface area contributed by atoms with Crippen molar-refractivity contribution in [3.63, 3.8) is 0 Å². The van der Waals surface area contributed by atoms with Gasteiger partial charge < -0.3 is 9.42 Å². The molecule has 4 rings (SSSR count). The SMILES string of the molecule is Cc1noc(C2CN(CCN3CCCC3)Cc3ccnn3C2)n1. The highest BCUT2D eigenvalue weighted by Gasteiger charge is 2.27. The lowest BCUT2D eigenvalue weighted by Gasteiger charge is -2.25. The standard InChI is InChI=1S/C16H24N6O/c1-13-18-16(23-19-13)14-10-21(9-8-20-6-2-3-7-20)12-15-4-5-17-22(15)11-14/h4-5,14H,2-3,6-12H2,1H3. The predicted molar refractivity (Wildman–Crippen MR) is 85.0 cm³/mol. The van der Waals surface area contributed by atoms with E-state index in [0.717, 1.165) is 38.6 Å². The number of aryl methyl sites for hydroxylation is 1. The Kier molecular flexibility index (Phi) is 4.13. The highest BCUT2D eigenvalue weighted by molar-refractivity contribution is 5.06. The number of likely N-dealkylation sites (tertiary alicyclic amines) is 1. The van der Waals surface area contributed by atoms with Crippen molar-refractivity contribution in [2.75, 3.05) is 32.7 Å². The van der Waals surface area contributed by atoms with E-state index < -0.39 is 0 Å². The van der Waals surface area contributed by atoms with E-state index in [1.165, 1.54) is 31.6 Å². The van der Waals surface area contributed by atoms with E-state index in [2.05, 4.69) is 35.8 Å². The summed E-state index contributed by atoms with van der Waals surface area (Å²) in [5.41, 5.74) is 1.27. The smallest absolute Gasteiger partial charge is 0.232 e. The Bertz CT molecular complexity index is 645. The molecule has 0 bridgehead atoms. The van der Waals surface area contributed by atoms with Crippen LogP contribution in [0.4, 0.5) is 0 Å². The quantitative estimate of drug-likeness (QED) is 0.846. The second kappa shape index (κ2) is 6.41. The minimum absolute atomic E-state index is 0.205. The zero-order valence-electron chi connectivity index (χ0n) is 13.7. The fourth-order valence-corrected chi connectivity index (χ4v) is 3.63. The van der Waals surface area contributed by atoms with E-state index in [-0.39, 0.29) is 5.92 Å². The summed E-state index contributed by atoms with van der Waals surface area (Å²) in [7, 11) is 0. The molecule has 1 atom stereocenters. The van der Waals surface area contributed by atoms with Crippen LogP contribution in [-0.4, -0.2) is 62.4 Å². The number of aromatic nitrogens is 4. The van der Waals surface area contributed by atoms with E-state index in [9.17, 15) is 0 Å². The molecule has 2 aromatic rings. The van der Waals surface area contributed by atoms with Crippen LogP contribution in [0.25, 0.3) is 0 Å². The molecule has 2 aliphatic rings. The highest BCUT2D eigenvalue weighted by Crippen LogP contribution is 2.23. The molecule has 0 saturated carbocycles. The molecule has 7 heteroatoms. The molecule has 0 spiro atoms. The van der Waals surface area contributed by atoms with Crippen LogP contribution in [0.5, 0.6) is 0 Å². The molecule has 0 aromatic carbocycles. The number of hydrogen-bond acceptors (Lipinski definition) is 6. The number of hydrogen-bond donors (Lipinski definition) is 0. The van der Waals surface area contributed by atoms with Gasteiger partial charge >= 0.3 is 0 Å². The fourth-order valence-electron chi connectivity index (χ4n) is 3.63. The number of rotatable bonds is 4. The van der Waals surface area contributed by atoms with Gasteiger partial charge in [0.25, 0.3) is 0 Å². The Hall–Kier alpha value is -1.73. The molecule has 0 radical (unpaired) electrons. The van der Waals surface area contributed by atoms with Gasteiger partial charge in [0.15, 0.2) is 5.82 Å². The molecular weight excluding hydrogens is 292 g/mol. The molecule has 0 aliphatic carbocycles. The average molecular weight is 316 g/mol. The summed E-state index contributed by atoms with van der Waals surface area (Å²) in [5, 5.41) is 8.42. The molecule has 124 valence electrons. The lowest BCUT2D eigenvalue weighted by molar-refractivity contribution is 0.202. The molecule has 1 fully saturated rings. The normalized spacial score (nSPS) is 23.1. The Morgan fingerprint density at radius 3 is 2.78 bits per heavy atom. The van der Waals surface area contributed by atoms with Crippen LogP contribution in [0.15, 0.2) is 16.8 Å². The third kappa shape index (κ3) is 3.30. The van der Waals surface area contributed by atoms with E-state index in [4.69, 9.17) is 4.52 Å². The van der Waals surface area contributed by atoms with Crippen molar-refractivity contribution in [1.82, 2.24) is 29.7 Å². The van der Waals surface area contributed by atoms with Gasteiger partial charge in [-0.15, -0.1) is 0 Å². The fraction of sp³-hybridized carbons (Fsp3) is 0.688. The first-order valence-corrected chi connectivity index (χ1v) is 8.53. The molecule has 1 unspecified atom stereocenters. The summed E-state index contributed by atoms with van der Waals surface area (Å²) in [4.78, 5) is 9.52. The van der Waals surface area contributed by atoms with Crippen molar-refractivity contribution in [3.8, 4) is 0 Å². The summed E-state index contributed by atoms with van der Waals surface area (Å²) < 4.78 is 7.52. The number of nitrogens with zero attached hydrogens (tertiary/aromatic N) is 6. The zero-order chi connectivity index (χ0) is 15.6. The van der Waals surface area contributed by atoms with Gasteiger partial charge in [-0.2, -0.15) is 10.1 Å². The Labute approximate surface area is 136 Å². The third-order valence-corrected chi connectivity index (χ3v) is 4.89. The minimum Gasteiger partial charge on any atom is -0.339 e. The highest BCUT2D eigenvalue weighted by atomic mass is 16.5. The first kappa shape index (κ1) is 14.8. The number of fused-ring (bicyclic) bond motifs is 1. The zero-order valence-corrected chi connectivity index (χ0v) is 13.7. The molecular formula is C16H24N6O. The van der Waals surface area contributed by atoms with E-state index >= 15 is 0 Å². The van der Waals surface area contributed by atoms with Crippen LogP contribution in [0, 0.1) is 6.92 Å². The topological polar surface area (TPSA) is 63.2 Å². The molecule has 2 aromatic heterocycles. The van der Waals surface area contributed by atoms with Crippen LogP contribution >= 0.6 is 0 Å². The van der Waals surface area contributed by atoms with Gasteiger partial charge in [0.2, 0.25) is 5.89 Å². The van der Waals surface area contributed by atoms with Gasteiger partial charge in [0.1, 0.15) is 0 Å². The first-order valence-electron chi connectivity index (χ1n) is 8.53. The predicted octanol–water partition coefficient (Wildman–Crippen LogP) is 1.27. The Balaban J connectivity index is 1.49. The van der Waals surface area contributed by atoms with E-state index in [1.807, 2.05) is 13.1 Å². The minimum atomic E-state index is 0.205. The van der Waals surface area contributed by atoms with Crippen LogP contribution in [0.1, 0.15) is 36.2 Å². The van der Waals surface area contributed by atoms with Crippen molar-refractivity contribution in [2.24, 2.45) is 0 Å². The second-order valence-corrected chi connectivity index (χ2v) is 6.67. The van der Waals surface area contributed by atoms with Gasteiger partial charge in [0, 0.05) is 32.4 Å². The molecule has 7 nitrogen and oxygen atoms in total. The van der Waals surface area contributed by atoms with Crippen LogP contribution in [0.2, 0.25) is 0 Å². The Morgan fingerprint density at radius 2 is 2.00 bits per heavy atom. The molecule has 1 saturated heterocycles. The molecule has 23 heavy (non-hydrogen) atoms. The summed E-state index contributed by atoms with van der Waals surface area (Å²) in [5.74, 6) is 1.64. The van der Waals surface area contributed by atoms with Crippen molar-refractivity contribution in [3.05, 3.63) is 29.7 Å². The van der Waals surface area contributed by atoms with Crippen molar-refractivity contribution < 1.29 is 4.52 Å². The van der Waals surface area contributed by atoms with E-state index in [0.29, 0.717) is 5.82 Å². The lowest BCUT2D eigenvalue weighted by atomic mass is 10.1. The molecule has 2 aliphatic heterocycles. The second-order valence-electron chi connectivity index (χ2n) is 6.67. The van der Waals surface area contributed by atoms with Crippen molar-refractivity contribution in [1.29, 1.82) is 0 Å². The van der Waals surface area contributed by atoms with Crippen LogP contribution < -0.4 is 0 Å². The summed E-state index contributed by atoms with van der Waals surface area (Å²) >= 11 is 0. The monoisotopic (exact) mass is 316 g/mol. The van der Waals surface area contributed by atoms with Crippen molar-refractivity contribution >= 4 is 0 Å². The van der Waals surface area contributed by atoms with E-state index in [1.54, 1.807) is 0 Å². The molecule has 0 amide bonds. The maximum atomic E-state index is 5.44. The van der Waals surface area contributed by atoms with Gasteiger partial charge in [0.05, 0.1) is 18.2 Å². The molecule has 4 heterocycles. The average Bonchev–Trinajstić information content (AvgIpc) is 3.26. The maximum absolute atomic E-state index is 5.44. The largest absolute Gasteiger partial charge is 0.339 e.